The highest BCUT2D eigenvalue weighted by molar-refractivity contribution is 5.90. The van der Waals surface area contributed by atoms with Crippen LogP contribution in [0.2, 0.25) is 0 Å². The highest BCUT2D eigenvalue weighted by atomic mass is 19.4. The molecule has 230 valence electrons. The Morgan fingerprint density at radius 1 is 1.12 bits per heavy atom. The average molecular weight is 597 g/mol. The van der Waals surface area contributed by atoms with E-state index in [1.165, 1.54) is 6.07 Å². The van der Waals surface area contributed by atoms with Gasteiger partial charge in [0.15, 0.2) is 0 Å². The number of fused-ring (bicyclic) bond motifs is 1. The van der Waals surface area contributed by atoms with Crippen molar-refractivity contribution < 1.29 is 17.9 Å². The number of nitrogens with two attached hydrogens (primary N) is 1. The first-order valence-corrected chi connectivity index (χ1v) is 15.1. The van der Waals surface area contributed by atoms with Gasteiger partial charge >= 0.3 is 6.18 Å². The summed E-state index contributed by atoms with van der Waals surface area (Å²) in [6.07, 6.45) is 6.04. The van der Waals surface area contributed by atoms with Crippen LogP contribution >= 0.6 is 0 Å². The summed E-state index contributed by atoms with van der Waals surface area (Å²) in [5.74, 6) is 0.302. The Balaban J connectivity index is 1.07. The number of rotatable bonds is 10. The van der Waals surface area contributed by atoms with E-state index in [2.05, 4.69) is 24.8 Å². The van der Waals surface area contributed by atoms with Crippen molar-refractivity contribution in [3.63, 3.8) is 0 Å². The number of nitrogens with zero attached hydrogens (tertiary/aromatic N) is 6. The van der Waals surface area contributed by atoms with Crippen LogP contribution in [0, 0.1) is 0 Å². The molecule has 9 nitrogen and oxygen atoms in total. The molecule has 0 unspecified atom stereocenters. The first-order chi connectivity index (χ1) is 20.7. The Labute approximate surface area is 249 Å². The summed E-state index contributed by atoms with van der Waals surface area (Å²) in [6, 6.07) is 6.49. The zero-order valence-electron chi connectivity index (χ0n) is 24.6. The number of alkyl halides is 3. The number of aromatic amines is 1. The van der Waals surface area contributed by atoms with Crippen LogP contribution in [-0.2, 0) is 18.3 Å². The third kappa shape index (κ3) is 6.00. The normalized spacial score (nSPS) is 21.9. The van der Waals surface area contributed by atoms with E-state index >= 15 is 0 Å². The molecule has 12 heteroatoms. The summed E-state index contributed by atoms with van der Waals surface area (Å²) in [7, 11) is 0. The molecule has 3 N–H and O–H groups in total. The molecule has 1 aliphatic heterocycles. The van der Waals surface area contributed by atoms with Crippen molar-refractivity contribution in [1.82, 2.24) is 34.5 Å². The van der Waals surface area contributed by atoms with Gasteiger partial charge in [-0.3, -0.25) is 14.5 Å². The van der Waals surface area contributed by atoms with Gasteiger partial charge in [0.2, 0.25) is 0 Å². The third-order valence-electron chi connectivity index (χ3n) is 9.20. The topological polar surface area (TPSA) is 101 Å². The summed E-state index contributed by atoms with van der Waals surface area (Å²) >= 11 is 0. The second kappa shape index (κ2) is 11.9. The highest BCUT2D eigenvalue weighted by Gasteiger charge is 2.48. The summed E-state index contributed by atoms with van der Waals surface area (Å²) in [5.41, 5.74) is 8.58. The van der Waals surface area contributed by atoms with Gasteiger partial charge in [-0.15, -0.1) is 0 Å². The summed E-state index contributed by atoms with van der Waals surface area (Å²) in [4.78, 5) is 16.4. The van der Waals surface area contributed by atoms with Crippen LogP contribution < -0.4 is 10.5 Å². The molecule has 4 heterocycles. The average Bonchev–Trinajstić information content (AvgIpc) is 3.66. The molecule has 0 radical (unpaired) electrons. The van der Waals surface area contributed by atoms with Crippen molar-refractivity contribution in [2.75, 3.05) is 32.7 Å². The maximum absolute atomic E-state index is 13.7. The molecule has 0 atom stereocenters. The van der Waals surface area contributed by atoms with Crippen molar-refractivity contribution in [3.05, 3.63) is 60.3 Å². The number of ether oxygens (including phenoxy) is 1. The Bertz CT molecular complexity index is 1530. The van der Waals surface area contributed by atoms with Crippen molar-refractivity contribution in [3.8, 4) is 17.0 Å². The molecule has 1 saturated heterocycles. The van der Waals surface area contributed by atoms with Crippen molar-refractivity contribution in [2.24, 2.45) is 5.73 Å². The smallest absolute Gasteiger partial charge is 0.416 e. The molecule has 1 aliphatic carbocycles. The van der Waals surface area contributed by atoms with Gasteiger partial charge in [0.1, 0.15) is 23.8 Å². The minimum absolute atomic E-state index is 0.118. The van der Waals surface area contributed by atoms with Crippen LogP contribution in [0.15, 0.2) is 49.2 Å². The molecule has 3 aromatic heterocycles. The standard InChI is InChI=1S/C31H39F3N8O/c1-3-40(4-2)17-21-11-23(31(32,33)34)13-26(12-21)43-25-6-9-41(10-7-25)24-14-30(15-24,19-35)42-18-22(16-39-42)28-27-5-8-36-29(27)38-20-37-28/h5,8,11-13,16,18,20,24-25H,3-4,6-7,9-10,14-15,17,19,35H2,1-2H3,(H,36,37,38). The molecule has 2 aliphatic rings. The van der Waals surface area contributed by atoms with Gasteiger partial charge in [0.25, 0.3) is 0 Å². The number of H-pyrrole nitrogens is 1. The lowest BCUT2D eigenvalue weighted by Crippen LogP contribution is -2.61. The molecule has 0 amide bonds. The fourth-order valence-corrected chi connectivity index (χ4v) is 6.57. The molecule has 43 heavy (non-hydrogen) atoms. The van der Waals surface area contributed by atoms with Gasteiger partial charge < -0.3 is 15.5 Å². The molecule has 2 fully saturated rings. The fraction of sp³-hybridized carbons (Fsp3) is 0.516. The van der Waals surface area contributed by atoms with E-state index in [9.17, 15) is 13.2 Å². The largest absolute Gasteiger partial charge is 0.490 e. The second-order valence-electron chi connectivity index (χ2n) is 11.8. The number of piperidine rings is 1. The molecular formula is C31H39F3N8O. The van der Waals surface area contributed by atoms with Gasteiger partial charge in [-0.1, -0.05) is 13.8 Å². The number of halogens is 3. The van der Waals surface area contributed by atoms with Crippen molar-refractivity contribution in [1.29, 1.82) is 0 Å². The molecule has 6 rings (SSSR count). The van der Waals surface area contributed by atoms with E-state index < -0.39 is 11.7 Å². The van der Waals surface area contributed by atoms with Crippen LogP contribution in [0.1, 0.15) is 50.7 Å². The zero-order valence-corrected chi connectivity index (χ0v) is 24.6. The second-order valence-corrected chi connectivity index (χ2v) is 11.8. The van der Waals surface area contributed by atoms with Crippen molar-refractivity contribution in [2.45, 2.75) is 69.9 Å². The molecule has 1 aromatic carbocycles. The number of aromatic nitrogens is 5. The van der Waals surface area contributed by atoms with Crippen LogP contribution in [0.25, 0.3) is 22.3 Å². The molecule has 4 aromatic rings. The molecule has 1 saturated carbocycles. The van der Waals surface area contributed by atoms with E-state index in [4.69, 9.17) is 15.6 Å². The Morgan fingerprint density at radius 3 is 2.58 bits per heavy atom. The Kier molecular flexibility index (Phi) is 8.18. The maximum Gasteiger partial charge on any atom is 0.416 e. The van der Waals surface area contributed by atoms with E-state index in [1.54, 1.807) is 12.4 Å². The van der Waals surface area contributed by atoms with Crippen LogP contribution in [0.5, 0.6) is 5.75 Å². The SMILES string of the molecule is CCN(CC)Cc1cc(OC2CCN(C3CC(CN)(n4cc(-c5ncnc6[nH]ccc56)cn4)C3)CC2)cc(C(F)(F)F)c1. The lowest BCUT2D eigenvalue weighted by molar-refractivity contribution is -0.137. The van der Waals surface area contributed by atoms with Gasteiger partial charge in [0.05, 0.1) is 23.0 Å². The van der Waals surface area contributed by atoms with Gasteiger partial charge in [0, 0.05) is 55.6 Å². The first kappa shape index (κ1) is 29.6. The van der Waals surface area contributed by atoms with Crippen molar-refractivity contribution >= 4 is 11.0 Å². The summed E-state index contributed by atoms with van der Waals surface area (Å²) in [5, 5.41) is 5.64. The van der Waals surface area contributed by atoms with Crippen LogP contribution in [0.3, 0.4) is 0 Å². The third-order valence-corrected chi connectivity index (χ3v) is 9.20. The number of nitrogens with one attached hydrogen (secondary N) is 1. The van der Waals surface area contributed by atoms with Crippen LogP contribution in [-0.4, -0.2) is 79.4 Å². The lowest BCUT2D eigenvalue weighted by Gasteiger charge is -2.52. The van der Waals surface area contributed by atoms with Gasteiger partial charge in [-0.2, -0.15) is 18.3 Å². The quantitative estimate of drug-likeness (QED) is 0.265. The zero-order chi connectivity index (χ0) is 30.2. The number of benzene rings is 1. The van der Waals surface area contributed by atoms with Crippen LogP contribution in [0.4, 0.5) is 13.2 Å². The van der Waals surface area contributed by atoms with E-state index in [0.29, 0.717) is 30.4 Å². The Morgan fingerprint density at radius 2 is 1.88 bits per heavy atom. The number of likely N-dealkylation sites (tertiary alicyclic amines) is 1. The Hall–Kier alpha value is -3.48. The molecular weight excluding hydrogens is 557 g/mol. The highest BCUT2D eigenvalue weighted by Crippen LogP contribution is 2.43. The number of hydrogen-bond donors (Lipinski definition) is 2. The minimum atomic E-state index is -4.42. The molecule has 0 bridgehead atoms. The minimum Gasteiger partial charge on any atom is -0.490 e. The lowest BCUT2D eigenvalue weighted by atomic mass is 9.71. The fourth-order valence-electron chi connectivity index (χ4n) is 6.57. The summed E-state index contributed by atoms with van der Waals surface area (Å²) in [6.45, 7) is 8.17. The van der Waals surface area contributed by atoms with Gasteiger partial charge in [-0.25, -0.2) is 9.97 Å². The van der Waals surface area contributed by atoms with Gasteiger partial charge in [-0.05, 0) is 68.6 Å². The molecule has 0 spiro atoms. The number of hydrogen-bond acceptors (Lipinski definition) is 7. The predicted octanol–water partition coefficient (Wildman–Crippen LogP) is 5.04. The maximum atomic E-state index is 13.7. The predicted molar refractivity (Wildman–Crippen MR) is 158 cm³/mol. The van der Waals surface area contributed by atoms with E-state index in [-0.39, 0.29) is 11.6 Å². The van der Waals surface area contributed by atoms with E-state index in [0.717, 1.165) is 80.2 Å². The monoisotopic (exact) mass is 596 g/mol. The van der Waals surface area contributed by atoms with E-state index in [1.807, 2.05) is 43.2 Å². The first-order valence-electron chi connectivity index (χ1n) is 15.1. The summed E-state index contributed by atoms with van der Waals surface area (Å²) < 4.78 is 49.2.